The number of aromatic nitrogens is 2. The third-order valence-electron chi connectivity index (χ3n) is 2.41. The second-order valence-electron chi connectivity index (χ2n) is 3.96. The summed E-state index contributed by atoms with van der Waals surface area (Å²) >= 11 is 7.02. The molecule has 1 heterocycles. The van der Waals surface area contributed by atoms with Crippen LogP contribution in [0.1, 0.15) is 11.5 Å². The van der Waals surface area contributed by atoms with E-state index in [1.54, 1.807) is 18.2 Å². The Morgan fingerprint density at radius 1 is 1.50 bits per heavy atom. The normalized spacial score (nSPS) is 10.6. The van der Waals surface area contributed by atoms with E-state index in [9.17, 15) is 4.79 Å². The molecule has 2 rings (SSSR count). The summed E-state index contributed by atoms with van der Waals surface area (Å²) in [7, 11) is 0. The number of halogens is 1. The molecule has 0 saturated carbocycles. The second-order valence-corrected chi connectivity index (χ2v) is 5.32. The molecule has 1 amide bonds. The number of amides is 1. The van der Waals surface area contributed by atoms with Crippen molar-refractivity contribution in [2.24, 2.45) is 5.73 Å². The predicted molar refractivity (Wildman–Crippen MR) is 77.7 cm³/mol. The Balaban J connectivity index is 1.89. The minimum Gasteiger partial charge on any atom is -0.415 e. The quantitative estimate of drug-likeness (QED) is 0.822. The first-order valence-corrected chi connectivity index (χ1v) is 7.16. The smallest absolute Gasteiger partial charge is 0.277 e. The molecule has 20 heavy (non-hydrogen) atoms. The first-order valence-electron chi connectivity index (χ1n) is 5.79. The van der Waals surface area contributed by atoms with E-state index < -0.39 is 0 Å². The maximum atomic E-state index is 11.8. The van der Waals surface area contributed by atoms with Crippen LogP contribution in [0.15, 0.2) is 27.8 Å². The van der Waals surface area contributed by atoms with Gasteiger partial charge in [0.2, 0.25) is 11.8 Å². The summed E-state index contributed by atoms with van der Waals surface area (Å²) in [5, 5.41) is 11.2. The molecule has 0 saturated heterocycles. The number of carbonyl (C=O) groups excluding carboxylic acids is 1. The van der Waals surface area contributed by atoms with Gasteiger partial charge in [0.25, 0.3) is 5.22 Å². The highest BCUT2D eigenvalue weighted by atomic mass is 35.5. The van der Waals surface area contributed by atoms with Crippen LogP contribution in [-0.2, 0) is 11.3 Å². The lowest BCUT2D eigenvalue weighted by Crippen LogP contribution is -2.14. The molecule has 3 N–H and O–H groups in total. The zero-order valence-corrected chi connectivity index (χ0v) is 12.3. The molecular formula is C12H13ClN4O2S. The summed E-state index contributed by atoms with van der Waals surface area (Å²) in [6.45, 7) is 2.06. The third-order valence-corrected chi connectivity index (χ3v) is 3.47. The van der Waals surface area contributed by atoms with Crippen LogP contribution in [0.4, 0.5) is 5.69 Å². The first-order chi connectivity index (χ1) is 9.58. The van der Waals surface area contributed by atoms with Gasteiger partial charge in [-0.3, -0.25) is 4.79 Å². The minimum absolute atomic E-state index is 0.159. The number of carbonyl (C=O) groups is 1. The number of benzene rings is 1. The maximum absolute atomic E-state index is 11.8. The fourth-order valence-electron chi connectivity index (χ4n) is 1.46. The first kappa shape index (κ1) is 14.8. The van der Waals surface area contributed by atoms with Crippen molar-refractivity contribution in [3.63, 3.8) is 0 Å². The molecule has 0 fully saturated rings. The number of aryl methyl sites for hydroxylation is 1. The number of rotatable bonds is 5. The fourth-order valence-corrected chi connectivity index (χ4v) is 2.27. The Hall–Kier alpha value is -1.57. The van der Waals surface area contributed by atoms with Gasteiger partial charge in [-0.05, 0) is 30.7 Å². The lowest BCUT2D eigenvalue weighted by molar-refractivity contribution is -0.113. The Morgan fingerprint density at radius 2 is 2.30 bits per heavy atom. The molecule has 1 aromatic heterocycles. The molecule has 0 bridgehead atoms. The van der Waals surface area contributed by atoms with Gasteiger partial charge in [0, 0.05) is 10.7 Å². The van der Waals surface area contributed by atoms with Crippen molar-refractivity contribution in [1.29, 1.82) is 0 Å². The van der Waals surface area contributed by atoms with E-state index in [1.165, 1.54) is 0 Å². The van der Waals surface area contributed by atoms with Gasteiger partial charge >= 0.3 is 0 Å². The highest BCUT2D eigenvalue weighted by Gasteiger charge is 2.10. The predicted octanol–water partition coefficient (Wildman–Crippen LogP) is 2.22. The minimum atomic E-state index is -0.159. The van der Waals surface area contributed by atoms with Gasteiger partial charge in [-0.1, -0.05) is 23.4 Å². The third kappa shape index (κ3) is 3.96. The Kier molecular flexibility index (Phi) is 4.99. The molecule has 8 heteroatoms. The van der Waals surface area contributed by atoms with Crippen LogP contribution in [0.2, 0.25) is 5.02 Å². The molecule has 0 aliphatic rings. The maximum Gasteiger partial charge on any atom is 0.277 e. The van der Waals surface area contributed by atoms with Crippen molar-refractivity contribution < 1.29 is 9.21 Å². The summed E-state index contributed by atoms with van der Waals surface area (Å²) in [6, 6.07) is 5.28. The number of hydrogen-bond acceptors (Lipinski definition) is 6. The Morgan fingerprint density at radius 3 is 2.95 bits per heavy atom. The molecular weight excluding hydrogens is 300 g/mol. The van der Waals surface area contributed by atoms with Crippen LogP contribution in [0.3, 0.4) is 0 Å². The van der Waals surface area contributed by atoms with E-state index in [-0.39, 0.29) is 18.2 Å². The number of anilines is 1. The highest BCUT2D eigenvalue weighted by Crippen LogP contribution is 2.21. The molecule has 0 unspecified atom stereocenters. The lowest BCUT2D eigenvalue weighted by Gasteiger charge is -2.07. The van der Waals surface area contributed by atoms with Crippen molar-refractivity contribution in [2.45, 2.75) is 18.7 Å². The molecule has 0 radical (unpaired) electrons. The van der Waals surface area contributed by atoms with Gasteiger partial charge in [0.1, 0.15) is 0 Å². The van der Waals surface area contributed by atoms with Crippen LogP contribution in [0.25, 0.3) is 0 Å². The SMILES string of the molecule is Cc1cc(Cl)ccc1NC(=O)CSc1nnc(CN)o1. The average Bonchev–Trinajstić information content (AvgIpc) is 2.88. The van der Waals surface area contributed by atoms with Gasteiger partial charge in [-0.15, -0.1) is 10.2 Å². The van der Waals surface area contributed by atoms with Crippen LogP contribution in [0, 0.1) is 6.92 Å². The van der Waals surface area contributed by atoms with Gasteiger partial charge < -0.3 is 15.5 Å². The Labute approximate surface area is 125 Å². The van der Waals surface area contributed by atoms with Crippen molar-refractivity contribution in [1.82, 2.24) is 10.2 Å². The van der Waals surface area contributed by atoms with Crippen LogP contribution >= 0.6 is 23.4 Å². The second kappa shape index (κ2) is 6.74. The lowest BCUT2D eigenvalue weighted by atomic mass is 10.2. The van der Waals surface area contributed by atoms with Crippen LogP contribution in [-0.4, -0.2) is 21.9 Å². The van der Waals surface area contributed by atoms with Crippen molar-refractivity contribution in [3.05, 3.63) is 34.7 Å². The zero-order valence-electron chi connectivity index (χ0n) is 10.7. The summed E-state index contributed by atoms with van der Waals surface area (Å²) in [5.41, 5.74) is 6.99. The van der Waals surface area contributed by atoms with Gasteiger partial charge in [-0.25, -0.2) is 0 Å². The van der Waals surface area contributed by atoms with E-state index in [2.05, 4.69) is 15.5 Å². The number of hydrogen-bond donors (Lipinski definition) is 2. The fraction of sp³-hybridized carbons (Fsp3) is 0.250. The zero-order chi connectivity index (χ0) is 14.5. The van der Waals surface area contributed by atoms with Crippen molar-refractivity contribution in [2.75, 3.05) is 11.1 Å². The van der Waals surface area contributed by atoms with Crippen molar-refractivity contribution >= 4 is 35.0 Å². The van der Waals surface area contributed by atoms with Gasteiger partial charge in [-0.2, -0.15) is 0 Å². The number of nitrogens with two attached hydrogens (primary N) is 1. The molecule has 0 aliphatic carbocycles. The van der Waals surface area contributed by atoms with E-state index in [0.29, 0.717) is 16.1 Å². The number of nitrogens with zero attached hydrogens (tertiary/aromatic N) is 2. The van der Waals surface area contributed by atoms with E-state index >= 15 is 0 Å². The molecule has 0 spiro atoms. The van der Waals surface area contributed by atoms with Crippen LogP contribution in [0.5, 0.6) is 0 Å². The average molecular weight is 313 g/mol. The van der Waals surface area contributed by atoms with Gasteiger partial charge in [0.05, 0.1) is 12.3 Å². The topological polar surface area (TPSA) is 94.0 Å². The van der Waals surface area contributed by atoms with E-state index in [0.717, 1.165) is 23.0 Å². The van der Waals surface area contributed by atoms with E-state index in [4.69, 9.17) is 21.8 Å². The molecule has 0 atom stereocenters. The molecule has 6 nitrogen and oxygen atoms in total. The van der Waals surface area contributed by atoms with E-state index in [1.807, 2.05) is 6.92 Å². The largest absolute Gasteiger partial charge is 0.415 e. The summed E-state index contributed by atoms with van der Waals surface area (Å²) in [6.07, 6.45) is 0. The molecule has 106 valence electrons. The monoisotopic (exact) mass is 312 g/mol. The molecule has 0 aliphatic heterocycles. The summed E-state index contributed by atoms with van der Waals surface area (Å²) in [4.78, 5) is 11.8. The summed E-state index contributed by atoms with van der Waals surface area (Å²) < 4.78 is 5.19. The molecule has 2 aromatic rings. The molecule has 1 aromatic carbocycles. The standard InChI is InChI=1S/C12H13ClN4O2S/c1-7-4-8(13)2-3-9(7)15-10(18)6-20-12-17-16-11(5-14)19-12/h2-4H,5-6,14H2,1H3,(H,15,18). The summed E-state index contributed by atoms with van der Waals surface area (Å²) in [5.74, 6) is 0.364. The number of nitrogens with one attached hydrogen (secondary N) is 1. The van der Waals surface area contributed by atoms with Crippen molar-refractivity contribution in [3.8, 4) is 0 Å². The highest BCUT2D eigenvalue weighted by molar-refractivity contribution is 7.99. The Bertz CT molecular complexity index is 617. The van der Waals surface area contributed by atoms with Gasteiger partial charge in [0.15, 0.2) is 0 Å². The number of thioether (sulfide) groups is 1. The van der Waals surface area contributed by atoms with Crippen LogP contribution < -0.4 is 11.1 Å².